The first-order valence-corrected chi connectivity index (χ1v) is 11.7. The second-order valence-electron chi connectivity index (χ2n) is 8.15. The molecule has 162 valence electrons. The van der Waals surface area contributed by atoms with Crippen LogP contribution in [0.15, 0.2) is 67.0 Å². The van der Waals surface area contributed by atoms with Crippen molar-refractivity contribution in [2.45, 2.75) is 20.3 Å². The first-order valence-electron chi connectivity index (χ1n) is 10.9. The van der Waals surface area contributed by atoms with Gasteiger partial charge in [0.15, 0.2) is 0 Å². The summed E-state index contributed by atoms with van der Waals surface area (Å²) in [6.45, 7) is 4.24. The van der Waals surface area contributed by atoms with Gasteiger partial charge in [0.2, 0.25) is 0 Å². The molecule has 0 aliphatic carbocycles. The molecule has 0 saturated heterocycles. The van der Waals surface area contributed by atoms with Crippen molar-refractivity contribution >= 4 is 54.9 Å². The summed E-state index contributed by atoms with van der Waals surface area (Å²) in [5, 5.41) is 6.91. The van der Waals surface area contributed by atoms with E-state index in [0.29, 0.717) is 0 Å². The zero-order valence-corrected chi connectivity index (χ0v) is 19.1. The molecule has 3 aromatic heterocycles. The summed E-state index contributed by atoms with van der Waals surface area (Å²) >= 11 is 1.62. The molecule has 0 amide bonds. The van der Waals surface area contributed by atoms with Crippen molar-refractivity contribution in [3.05, 3.63) is 83.2 Å². The Morgan fingerprint density at radius 2 is 1.85 bits per heavy atom. The zero-order chi connectivity index (χ0) is 22.5. The number of H-pyrrole nitrogens is 1. The molecule has 3 aromatic carbocycles. The fourth-order valence-corrected chi connectivity index (χ4v) is 5.61. The van der Waals surface area contributed by atoms with E-state index in [2.05, 4.69) is 70.5 Å². The van der Waals surface area contributed by atoms with Gasteiger partial charge in [0.1, 0.15) is 22.8 Å². The second-order valence-corrected chi connectivity index (χ2v) is 9.35. The first kappa shape index (κ1) is 19.9. The van der Waals surface area contributed by atoms with Gasteiger partial charge in [-0.1, -0.05) is 43.3 Å². The molecule has 0 saturated carbocycles. The normalized spacial score (nSPS) is 11.6. The van der Waals surface area contributed by atoms with Crippen LogP contribution in [0.5, 0.6) is 0 Å². The molecule has 0 bridgehead atoms. The summed E-state index contributed by atoms with van der Waals surface area (Å²) in [6.07, 6.45) is 2.57. The highest BCUT2D eigenvalue weighted by Crippen LogP contribution is 2.41. The highest BCUT2D eigenvalue weighted by molar-refractivity contribution is 7.19. The molecule has 0 radical (unpaired) electrons. The number of nitrogens with one attached hydrogen (secondary N) is 2. The Morgan fingerprint density at radius 1 is 1.00 bits per heavy atom. The van der Waals surface area contributed by atoms with E-state index in [0.717, 1.165) is 49.7 Å². The van der Waals surface area contributed by atoms with Gasteiger partial charge in [0, 0.05) is 37.9 Å². The Morgan fingerprint density at radius 3 is 2.67 bits per heavy atom. The minimum absolute atomic E-state index is 0.247. The number of hydrogen-bond acceptors (Lipinski definition) is 4. The number of halogens is 1. The fourth-order valence-electron chi connectivity index (χ4n) is 4.60. The van der Waals surface area contributed by atoms with Gasteiger partial charge in [-0.05, 0) is 48.7 Å². The van der Waals surface area contributed by atoms with Gasteiger partial charge in [0.25, 0.3) is 0 Å². The number of fused-ring (bicyclic) bond motifs is 4. The van der Waals surface area contributed by atoms with E-state index in [9.17, 15) is 4.39 Å². The largest absolute Gasteiger partial charge is 0.354 e. The predicted octanol–water partition coefficient (Wildman–Crippen LogP) is 7.75. The van der Waals surface area contributed by atoms with E-state index in [1.54, 1.807) is 17.7 Å². The molecule has 4 nitrogen and oxygen atoms in total. The number of rotatable bonds is 4. The SMILES string of the molecule is CCc1cccc2c1[nH]c1cc(Nc3ncnc4sc(C)c(-c5ccc(F)cc5)c34)ccc12. The number of hydrogen-bond donors (Lipinski definition) is 2. The number of aromatic amines is 1. The van der Waals surface area contributed by atoms with Crippen molar-refractivity contribution in [1.29, 1.82) is 0 Å². The van der Waals surface area contributed by atoms with Crippen molar-refractivity contribution in [1.82, 2.24) is 15.0 Å². The van der Waals surface area contributed by atoms with Gasteiger partial charge in [-0.25, -0.2) is 14.4 Å². The number of para-hydroxylation sites is 1. The summed E-state index contributed by atoms with van der Waals surface area (Å²) in [4.78, 5) is 14.7. The van der Waals surface area contributed by atoms with E-state index < -0.39 is 0 Å². The third-order valence-corrected chi connectivity index (χ3v) is 7.17. The van der Waals surface area contributed by atoms with Gasteiger partial charge >= 0.3 is 0 Å². The molecule has 6 heteroatoms. The molecular weight excluding hydrogens is 431 g/mol. The maximum Gasteiger partial charge on any atom is 0.143 e. The van der Waals surface area contributed by atoms with Gasteiger partial charge in [-0.3, -0.25) is 0 Å². The van der Waals surface area contributed by atoms with Crippen molar-refractivity contribution in [2.24, 2.45) is 0 Å². The number of aryl methyl sites for hydroxylation is 2. The zero-order valence-electron chi connectivity index (χ0n) is 18.2. The highest BCUT2D eigenvalue weighted by atomic mass is 32.1. The van der Waals surface area contributed by atoms with E-state index in [4.69, 9.17) is 0 Å². The second kappa shape index (κ2) is 7.67. The standard InChI is InChI=1S/C27H21FN4S/c1-3-16-5-4-6-21-20-12-11-19(13-22(20)32-25(16)21)31-26-24-23(17-7-9-18(28)10-8-17)15(2)33-27(24)30-14-29-26/h4-14,32H,3H2,1-2H3,(H,29,30,31). The van der Waals surface area contributed by atoms with Gasteiger partial charge in [0.05, 0.1) is 5.39 Å². The van der Waals surface area contributed by atoms with Crippen molar-refractivity contribution < 1.29 is 4.39 Å². The first-order chi connectivity index (χ1) is 16.1. The van der Waals surface area contributed by atoms with Gasteiger partial charge in [-0.15, -0.1) is 11.3 Å². The maximum atomic E-state index is 13.5. The Labute approximate surface area is 194 Å². The van der Waals surface area contributed by atoms with E-state index >= 15 is 0 Å². The van der Waals surface area contributed by atoms with Gasteiger partial charge < -0.3 is 10.3 Å². The Kier molecular flexibility index (Phi) is 4.62. The third-order valence-electron chi connectivity index (χ3n) is 6.16. The van der Waals surface area contributed by atoms with Crippen LogP contribution < -0.4 is 5.32 Å². The minimum Gasteiger partial charge on any atom is -0.354 e. The molecule has 33 heavy (non-hydrogen) atoms. The van der Waals surface area contributed by atoms with Crippen LogP contribution in [0, 0.1) is 12.7 Å². The van der Waals surface area contributed by atoms with Crippen LogP contribution in [0.4, 0.5) is 15.9 Å². The Balaban J connectivity index is 1.48. The lowest BCUT2D eigenvalue weighted by molar-refractivity contribution is 0.628. The van der Waals surface area contributed by atoms with Crippen LogP contribution in [0.1, 0.15) is 17.4 Å². The number of aromatic nitrogens is 3. The predicted molar refractivity (Wildman–Crippen MR) is 136 cm³/mol. The summed E-state index contributed by atoms with van der Waals surface area (Å²) in [7, 11) is 0. The quantitative estimate of drug-likeness (QED) is 0.287. The molecule has 3 heterocycles. The molecule has 2 N–H and O–H groups in total. The molecule has 0 atom stereocenters. The number of nitrogens with zero attached hydrogens (tertiary/aromatic N) is 2. The van der Waals surface area contributed by atoms with Crippen molar-refractivity contribution in [2.75, 3.05) is 5.32 Å². The maximum absolute atomic E-state index is 13.5. The van der Waals surface area contributed by atoms with Crippen molar-refractivity contribution in [3.8, 4) is 11.1 Å². The van der Waals surface area contributed by atoms with Gasteiger partial charge in [-0.2, -0.15) is 0 Å². The van der Waals surface area contributed by atoms with E-state index in [1.807, 2.05) is 12.1 Å². The molecule has 0 unspecified atom stereocenters. The Bertz CT molecular complexity index is 1650. The highest BCUT2D eigenvalue weighted by Gasteiger charge is 2.17. The summed E-state index contributed by atoms with van der Waals surface area (Å²) in [5.41, 5.74) is 6.54. The fraction of sp³-hybridized carbons (Fsp3) is 0.111. The van der Waals surface area contributed by atoms with Crippen LogP contribution in [0.2, 0.25) is 0 Å². The lowest BCUT2D eigenvalue weighted by Crippen LogP contribution is -1.95. The summed E-state index contributed by atoms with van der Waals surface area (Å²) in [5.74, 6) is 0.497. The average Bonchev–Trinajstić information content (AvgIpc) is 3.36. The van der Waals surface area contributed by atoms with Crippen LogP contribution in [-0.2, 0) is 6.42 Å². The molecular formula is C27H21FN4S. The Hall–Kier alpha value is -3.77. The van der Waals surface area contributed by atoms with Crippen LogP contribution >= 0.6 is 11.3 Å². The van der Waals surface area contributed by atoms with Crippen LogP contribution in [-0.4, -0.2) is 15.0 Å². The van der Waals surface area contributed by atoms with Crippen LogP contribution in [0.25, 0.3) is 43.1 Å². The molecule has 0 aliphatic rings. The lowest BCUT2D eigenvalue weighted by Gasteiger charge is -2.09. The van der Waals surface area contributed by atoms with Crippen LogP contribution in [0.3, 0.4) is 0 Å². The van der Waals surface area contributed by atoms with E-state index in [-0.39, 0.29) is 5.82 Å². The minimum atomic E-state index is -0.247. The molecule has 0 spiro atoms. The topological polar surface area (TPSA) is 53.6 Å². The lowest BCUT2D eigenvalue weighted by atomic mass is 10.0. The molecule has 0 fully saturated rings. The third kappa shape index (κ3) is 3.26. The smallest absolute Gasteiger partial charge is 0.143 e. The number of thiophene rings is 1. The monoisotopic (exact) mass is 452 g/mol. The number of anilines is 2. The average molecular weight is 453 g/mol. The number of benzene rings is 3. The molecule has 0 aliphatic heterocycles. The van der Waals surface area contributed by atoms with E-state index in [1.165, 1.54) is 34.0 Å². The van der Waals surface area contributed by atoms with Crippen molar-refractivity contribution in [3.63, 3.8) is 0 Å². The summed E-state index contributed by atoms with van der Waals surface area (Å²) in [6, 6.07) is 19.4. The summed E-state index contributed by atoms with van der Waals surface area (Å²) < 4.78 is 13.5. The molecule has 6 rings (SSSR count). The molecule has 6 aromatic rings.